The van der Waals surface area contributed by atoms with Crippen LogP contribution >= 0.6 is 11.6 Å². The number of phenols is 1. The van der Waals surface area contributed by atoms with Crippen LogP contribution in [-0.4, -0.2) is 35.9 Å². The van der Waals surface area contributed by atoms with Gasteiger partial charge < -0.3 is 19.6 Å². The van der Waals surface area contributed by atoms with Crippen molar-refractivity contribution in [1.82, 2.24) is 4.98 Å². The molecule has 0 saturated heterocycles. The lowest BCUT2D eigenvalue weighted by Gasteiger charge is -2.29. The van der Waals surface area contributed by atoms with E-state index in [2.05, 4.69) is 4.98 Å². The van der Waals surface area contributed by atoms with Gasteiger partial charge in [-0.3, -0.25) is 14.4 Å². The lowest BCUT2D eigenvalue weighted by atomic mass is 9.74. The molecule has 2 N–H and O–H groups in total. The number of rotatable bonds is 4. The molecule has 1 aliphatic carbocycles. The number of ketones is 2. The fraction of sp³-hybridized carbons (Fsp3) is 0.300. The van der Waals surface area contributed by atoms with Crippen molar-refractivity contribution in [2.45, 2.75) is 19.3 Å². The molecule has 0 spiro atoms. The number of benzene rings is 1. The Bertz CT molecular complexity index is 1130. The molecule has 0 aliphatic heterocycles. The number of hydrogen-bond donors (Lipinski definition) is 2. The highest BCUT2D eigenvalue weighted by molar-refractivity contribution is 6.34. The van der Waals surface area contributed by atoms with Crippen LogP contribution in [0.15, 0.2) is 16.9 Å². The number of nitrogens with one attached hydrogen (secondary N) is 1. The number of carbonyl (C=O) groups is 2. The number of carbonyl (C=O) groups excluding carboxylic acids is 2. The van der Waals surface area contributed by atoms with Crippen LogP contribution in [0.4, 0.5) is 0 Å². The van der Waals surface area contributed by atoms with Crippen LogP contribution in [0.3, 0.4) is 0 Å². The molecule has 0 fully saturated rings. The second-order valence-electron chi connectivity index (χ2n) is 6.72. The van der Waals surface area contributed by atoms with Gasteiger partial charge in [0.15, 0.2) is 17.3 Å². The second kappa shape index (κ2) is 7.60. The fourth-order valence-electron chi connectivity index (χ4n) is 3.60. The molecule has 1 heterocycles. The number of H-pyrrole nitrogens is 1. The summed E-state index contributed by atoms with van der Waals surface area (Å²) in [5.74, 6) is -2.65. The third-order valence-electron chi connectivity index (χ3n) is 5.02. The van der Waals surface area contributed by atoms with Gasteiger partial charge in [-0.05, 0) is 12.0 Å². The van der Waals surface area contributed by atoms with Crippen molar-refractivity contribution in [1.29, 1.82) is 5.26 Å². The minimum atomic E-state index is -0.951. The number of ether oxygens (including phenoxy) is 2. The van der Waals surface area contributed by atoms with E-state index in [9.17, 15) is 19.5 Å². The summed E-state index contributed by atoms with van der Waals surface area (Å²) in [6.45, 7) is 1.69. The van der Waals surface area contributed by atoms with Gasteiger partial charge in [-0.25, -0.2) is 0 Å². The summed E-state index contributed by atoms with van der Waals surface area (Å²) >= 11 is 6.10. The minimum absolute atomic E-state index is 0.0350. The van der Waals surface area contributed by atoms with Gasteiger partial charge in [0.05, 0.1) is 20.1 Å². The number of Topliss-reactive ketones (excluding diaryl/α,β-unsaturated/α-hetero) is 2. The molecular formula is C20H17ClN2O6. The molecule has 1 aromatic heterocycles. The first-order chi connectivity index (χ1) is 13.7. The van der Waals surface area contributed by atoms with Gasteiger partial charge in [0, 0.05) is 23.7 Å². The quantitative estimate of drug-likeness (QED) is 0.733. The van der Waals surface area contributed by atoms with E-state index in [1.165, 1.54) is 26.4 Å². The molecule has 2 unspecified atom stereocenters. The van der Waals surface area contributed by atoms with Crippen molar-refractivity contribution in [2.75, 3.05) is 14.2 Å². The van der Waals surface area contributed by atoms with Crippen molar-refractivity contribution in [3.63, 3.8) is 0 Å². The topological polar surface area (TPSA) is 129 Å². The van der Waals surface area contributed by atoms with Crippen LogP contribution in [0.5, 0.6) is 17.2 Å². The molecule has 2 atom stereocenters. The highest BCUT2D eigenvalue weighted by Gasteiger charge is 2.40. The van der Waals surface area contributed by atoms with Crippen LogP contribution < -0.4 is 15.0 Å². The van der Waals surface area contributed by atoms with E-state index in [0.717, 1.165) is 0 Å². The Hall–Kier alpha value is -3.31. The smallest absolute Gasteiger partial charge is 0.266 e. The standard InChI is InChI=1S/C20H17ClN2O6/c1-8-4-11(24)10-5-9(7-22)20(27)23-17(10)14(8)18(25)15-12(28-2)6-13(29-3)16(21)19(15)26/h5-6,8,14,26H,4H2,1-3H3,(H,23,27). The van der Waals surface area contributed by atoms with Crippen molar-refractivity contribution in [3.05, 3.63) is 49.9 Å². The van der Waals surface area contributed by atoms with Gasteiger partial charge in [-0.15, -0.1) is 0 Å². The average molecular weight is 417 g/mol. The number of aromatic hydroxyl groups is 1. The maximum atomic E-state index is 13.5. The highest BCUT2D eigenvalue weighted by atomic mass is 35.5. The zero-order valence-corrected chi connectivity index (χ0v) is 16.6. The number of nitriles is 1. The number of aromatic nitrogens is 1. The maximum absolute atomic E-state index is 13.5. The summed E-state index contributed by atoms with van der Waals surface area (Å²) in [6.07, 6.45) is 0.0350. The first-order valence-electron chi connectivity index (χ1n) is 8.63. The van der Waals surface area contributed by atoms with Gasteiger partial charge in [-0.1, -0.05) is 18.5 Å². The zero-order chi connectivity index (χ0) is 21.5. The SMILES string of the molecule is COc1cc(OC)c(C(=O)C2c3[nH]c(=O)c(C#N)cc3C(=O)CC2C)c(O)c1Cl. The molecule has 1 aromatic carbocycles. The molecule has 0 radical (unpaired) electrons. The van der Waals surface area contributed by atoms with Crippen molar-refractivity contribution >= 4 is 23.2 Å². The summed E-state index contributed by atoms with van der Waals surface area (Å²) in [5.41, 5.74) is -0.881. The predicted molar refractivity (Wildman–Crippen MR) is 103 cm³/mol. The lowest BCUT2D eigenvalue weighted by molar-refractivity contribution is 0.0870. The third-order valence-corrected chi connectivity index (χ3v) is 5.38. The summed E-state index contributed by atoms with van der Waals surface area (Å²) in [4.78, 5) is 40.6. The third kappa shape index (κ3) is 3.23. The van der Waals surface area contributed by atoms with Gasteiger partial charge >= 0.3 is 0 Å². The average Bonchev–Trinajstić information content (AvgIpc) is 2.69. The van der Waals surface area contributed by atoms with E-state index in [0.29, 0.717) is 0 Å². The van der Waals surface area contributed by atoms with Gasteiger partial charge in [0.2, 0.25) is 0 Å². The number of methoxy groups -OCH3 is 2. The Labute approximate surface area is 170 Å². The fourth-order valence-corrected chi connectivity index (χ4v) is 3.82. The maximum Gasteiger partial charge on any atom is 0.266 e. The van der Waals surface area contributed by atoms with Gasteiger partial charge in [0.25, 0.3) is 5.56 Å². The monoisotopic (exact) mass is 416 g/mol. The number of pyridine rings is 1. The zero-order valence-electron chi connectivity index (χ0n) is 15.8. The Morgan fingerprint density at radius 3 is 2.52 bits per heavy atom. The van der Waals surface area contributed by atoms with E-state index in [1.807, 2.05) is 0 Å². The van der Waals surface area contributed by atoms with E-state index < -0.39 is 28.9 Å². The number of aromatic amines is 1. The first-order valence-corrected chi connectivity index (χ1v) is 9.01. The van der Waals surface area contributed by atoms with Crippen LogP contribution in [0.2, 0.25) is 5.02 Å². The Balaban J connectivity index is 2.24. The van der Waals surface area contributed by atoms with E-state index in [-0.39, 0.29) is 51.1 Å². The van der Waals surface area contributed by atoms with Crippen molar-refractivity contribution in [2.24, 2.45) is 5.92 Å². The molecule has 1 aliphatic rings. The summed E-state index contributed by atoms with van der Waals surface area (Å²) in [6, 6.07) is 4.29. The Kier molecular flexibility index (Phi) is 5.36. The normalized spacial score (nSPS) is 18.0. The molecule has 2 aromatic rings. The number of hydrogen-bond acceptors (Lipinski definition) is 7. The van der Waals surface area contributed by atoms with E-state index >= 15 is 0 Å². The largest absolute Gasteiger partial charge is 0.505 e. The van der Waals surface area contributed by atoms with Crippen LogP contribution in [0.1, 0.15) is 51.2 Å². The van der Waals surface area contributed by atoms with E-state index in [4.69, 9.17) is 26.3 Å². The number of fused-ring (bicyclic) bond motifs is 1. The minimum Gasteiger partial charge on any atom is -0.505 e. The molecule has 8 nitrogen and oxygen atoms in total. The molecule has 0 bridgehead atoms. The predicted octanol–water partition coefficient (Wildman–Crippen LogP) is 2.81. The Morgan fingerprint density at radius 1 is 1.28 bits per heavy atom. The summed E-state index contributed by atoms with van der Waals surface area (Å²) < 4.78 is 10.3. The lowest BCUT2D eigenvalue weighted by Crippen LogP contribution is -2.33. The van der Waals surface area contributed by atoms with Crippen molar-refractivity contribution in [3.8, 4) is 23.3 Å². The number of phenolic OH excluding ortho intramolecular Hbond substituents is 1. The molecule has 9 heteroatoms. The van der Waals surface area contributed by atoms with Crippen LogP contribution in [0, 0.1) is 17.2 Å². The highest BCUT2D eigenvalue weighted by Crippen LogP contribution is 2.46. The first kappa shape index (κ1) is 20.4. The van der Waals surface area contributed by atoms with Crippen LogP contribution in [0.25, 0.3) is 0 Å². The van der Waals surface area contributed by atoms with Crippen LogP contribution in [-0.2, 0) is 0 Å². The Morgan fingerprint density at radius 2 is 1.93 bits per heavy atom. The van der Waals surface area contributed by atoms with Crippen molar-refractivity contribution < 1.29 is 24.2 Å². The summed E-state index contributed by atoms with van der Waals surface area (Å²) in [7, 11) is 2.67. The van der Waals surface area contributed by atoms with Gasteiger partial charge in [-0.2, -0.15) is 5.26 Å². The number of halogens is 1. The molecule has 0 amide bonds. The van der Waals surface area contributed by atoms with Gasteiger partial charge in [0.1, 0.15) is 33.7 Å². The summed E-state index contributed by atoms with van der Waals surface area (Å²) in [5, 5.41) is 19.5. The molecule has 150 valence electrons. The molecular weight excluding hydrogens is 400 g/mol. The van der Waals surface area contributed by atoms with E-state index in [1.54, 1.807) is 13.0 Å². The molecule has 0 saturated carbocycles. The molecule has 29 heavy (non-hydrogen) atoms. The number of nitrogens with zero attached hydrogens (tertiary/aromatic N) is 1. The second-order valence-corrected chi connectivity index (χ2v) is 7.09. The molecule has 3 rings (SSSR count).